The summed E-state index contributed by atoms with van der Waals surface area (Å²) in [6.07, 6.45) is 7.84. The summed E-state index contributed by atoms with van der Waals surface area (Å²) in [5.74, 6) is 1.73. The second-order valence-electron chi connectivity index (χ2n) is 7.49. The molecule has 4 atom stereocenters. The van der Waals surface area contributed by atoms with Crippen LogP contribution in [0.5, 0.6) is 0 Å². The van der Waals surface area contributed by atoms with Gasteiger partial charge in [0.25, 0.3) is 0 Å². The van der Waals surface area contributed by atoms with Gasteiger partial charge >= 0.3 is 0 Å². The minimum absolute atomic E-state index is 0.0413. The molecule has 0 amide bonds. The van der Waals surface area contributed by atoms with Crippen LogP contribution in [0.25, 0.3) is 0 Å². The predicted octanol–water partition coefficient (Wildman–Crippen LogP) is 1.18. The van der Waals surface area contributed by atoms with E-state index in [0.29, 0.717) is 12.0 Å². The summed E-state index contributed by atoms with van der Waals surface area (Å²) in [5, 5.41) is 20.9. The predicted molar refractivity (Wildman–Crippen MR) is 105 cm³/mol. The maximum absolute atomic E-state index is 12.7. The van der Waals surface area contributed by atoms with Crippen molar-refractivity contribution in [2.75, 3.05) is 0 Å². The molecule has 0 bridgehead atoms. The van der Waals surface area contributed by atoms with E-state index in [1.165, 1.54) is 12.1 Å². The lowest BCUT2D eigenvalue weighted by Crippen LogP contribution is -2.34. The fourth-order valence-electron chi connectivity index (χ4n) is 4.29. The molecule has 29 heavy (non-hydrogen) atoms. The summed E-state index contributed by atoms with van der Waals surface area (Å²) >= 11 is 0. The Bertz CT molecular complexity index is 1160. The highest BCUT2D eigenvalue weighted by molar-refractivity contribution is 7.89. The topological polar surface area (TPSA) is 125 Å². The Morgan fingerprint density at radius 1 is 1.28 bits per heavy atom. The highest BCUT2D eigenvalue weighted by Crippen LogP contribution is 2.37. The van der Waals surface area contributed by atoms with Gasteiger partial charge < -0.3 is 5.32 Å². The molecule has 2 aliphatic heterocycles. The van der Waals surface area contributed by atoms with Crippen LogP contribution in [0.4, 0.5) is 0 Å². The van der Waals surface area contributed by atoms with E-state index in [0.717, 1.165) is 24.5 Å². The number of nitriles is 1. The van der Waals surface area contributed by atoms with Gasteiger partial charge in [0.05, 0.1) is 28.8 Å². The zero-order valence-corrected chi connectivity index (χ0v) is 16.2. The highest BCUT2D eigenvalue weighted by Gasteiger charge is 2.37. The molecule has 10 heteroatoms. The van der Waals surface area contributed by atoms with E-state index in [2.05, 4.69) is 35.9 Å². The number of nitrogens with zero attached hydrogens (tertiary/aromatic N) is 5. The largest absolute Gasteiger partial charge is 0.368 e. The molecule has 0 saturated heterocycles. The molecule has 2 aromatic rings. The minimum Gasteiger partial charge on any atom is -0.368 e. The first-order valence-corrected chi connectivity index (χ1v) is 11.0. The molecule has 2 N–H and O–H groups in total. The SMILES string of the molecule is N#Cc1cccc(S(=O)(=O)N[C@H]2CC[C@@H](c3nnc4n3C3C=CNC3N=C4)C2)c1. The molecule has 0 radical (unpaired) electrons. The van der Waals surface area contributed by atoms with Gasteiger partial charge in [-0.1, -0.05) is 6.07 Å². The second-order valence-corrected chi connectivity index (χ2v) is 9.21. The van der Waals surface area contributed by atoms with Crippen LogP contribution in [-0.2, 0) is 10.0 Å². The van der Waals surface area contributed by atoms with Gasteiger partial charge in [-0.15, -0.1) is 10.2 Å². The molecular formula is C19H19N7O2S. The Morgan fingerprint density at radius 2 is 2.17 bits per heavy atom. The van der Waals surface area contributed by atoms with Crippen molar-refractivity contribution in [3.63, 3.8) is 0 Å². The van der Waals surface area contributed by atoms with Crippen molar-refractivity contribution in [2.24, 2.45) is 4.99 Å². The van der Waals surface area contributed by atoms with E-state index in [-0.39, 0.29) is 29.1 Å². The van der Waals surface area contributed by atoms with Crippen molar-refractivity contribution in [1.29, 1.82) is 5.26 Å². The van der Waals surface area contributed by atoms with Crippen LogP contribution in [0, 0.1) is 11.3 Å². The van der Waals surface area contributed by atoms with Gasteiger partial charge in [-0.05, 0) is 49.7 Å². The Labute approximate surface area is 168 Å². The number of hydrogen-bond acceptors (Lipinski definition) is 7. The molecule has 3 aliphatic rings. The van der Waals surface area contributed by atoms with E-state index in [4.69, 9.17) is 5.26 Å². The molecule has 5 rings (SSSR count). The molecule has 1 saturated carbocycles. The number of rotatable bonds is 4. The quantitative estimate of drug-likeness (QED) is 0.781. The third-order valence-corrected chi connectivity index (χ3v) is 7.19. The molecule has 1 aromatic heterocycles. The van der Waals surface area contributed by atoms with Crippen LogP contribution < -0.4 is 10.0 Å². The number of fused-ring (bicyclic) bond motifs is 3. The molecule has 1 aliphatic carbocycles. The molecule has 1 aromatic carbocycles. The first-order valence-electron chi connectivity index (χ1n) is 9.48. The number of hydrogen-bond donors (Lipinski definition) is 2. The molecule has 148 valence electrons. The van der Waals surface area contributed by atoms with Crippen LogP contribution in [0.15, 0.2) is 46.4 Å². The monoisotopic (exact) mass is 409 g/mol. The van der Waals surface area contributed by atoms with Gasteiger partial charge in [0.1, 0.15) is 12.0 Å². The van der Waals surface area contributed by atoms with Gasteiger partial charge in [-0.3, -0.25) is 9.56 Å². The highest BCUT2D eigenvalue weighted by atomic mass is 32.2. The number of sulfonamides is 1. The van der Waals surface area contributed by atoms with Gasteiger partial charge in [0.2, 0.25) is 10.0 Å². The van der Waals surface area contributed by atoms with Crippen LogP contribution in [0.3, 0.4) is 0 Å². The number of nitrogens with one attached hydrogen (secondary N) is 2. The van der Waals surface area contributed by atoms with E-state index < -0.39 is 10.0 Å². The van der Waals surface area contributed by atoms with Gasteiger partial charge in [-0.25, -0.2) is 13.1 Å². The summed E-state index contributed by atoms with van der Waals surface area (Å²) in [6.45, 7) is 0. The lowest BCUT2D eigenvalue weighted by atomic mass is 10.1. The zero-order chi connectivity index (χ0) is 20.0. The Hall–Kier alpha value is -3.03. The fraction of sp³-hybridized carbons (Fsp3) is 0.368. The maximum atomic E-state index is 12.7. The third kappa shape index (κ3) is 3.12. The number of benzene rings is 1. The van der Waals surface area contributed by atoms with E-state index >= 15 is 0 Å². The molecule has 0 spiro atoms. The summed E-state index contributed by atoms with van der Waals surface area (Å²) in [5.41, 5.74) is 0.321. The summed E-state index contributed by atoms with van der Waals surface area (Å²) in [7, 11) is -3.69. The fourth-order valence-corrected chi connectivity index (χ4v) is 5.62. The van der Waals surface area contributed by atoms with Gasteiger partial charge in [-0.2, -0.15) is 5.26 Å². The molecule has 9 nitrogen and oxygen atoms in total. The molecular weight excluding hydrogens is 390 g/mol. The lowest BCUT2D eigenvalue weighted by molar-refractivity contribution is 0.442. The van der Waals surface area contributed by atoms with Crippen LogP contribution in [-0.4, -0.2) is 41.6 Å². The first-order chi connectivity index (χ1) is 14.0. The minimum atomic E-state index is -3.69. The third-order valence-electron chi connectivity index (χ3n) is 5.67. The zero-order valence-electron chi connectivity index (χ0n) is 15.4. The molecule has 1 fully saturated rings. The Balaban J connectivity index is 1.34. The second kappa shape index (κ2) is 6.79. The van der Waals surface area contributed by atoms with Crippen molar-refractivity contribution in [3.8, 4) is 6.07 Å². The van der Waals surface area contributed by atoms with Crippen molar-refractivity contribution in [3.05, 3.63) is 53.8 Å². The average molecular weight is 409 g/mol. The molecule has 3 heterocycles. The van der Waals surface area contributed by atoms with E-state index in [1.807, 2.05) is 12.3 Å². The number of aliphatic imine (C=N–C) groups is 1. The van der Waals surface area contributed by atoms with Crippen LogP contribution in [0.1, 0.15) is 48.4 Å². The van der Waals surface area contributed by atoms with Crippen molar-refractivity contribution >= 4 is 16.2 Å². The normalized spacial score (nSPS) is 27.3. The van der Waals surface area contributed by atoms with Crippen molar-refractivity contribution in [2.45, 2.75) is 48.3 Å². The first kappa shape index (κ1) is 18.0. The maximum Gasteiger partial charge on any atom is 0.240 e. The van der Waals surface area contributed by atoms with Crippen molar-refractivity contribution in [1.82, 2.24) is 24.8 Å². The van der Waals surface area contributed by atoms with Crippen molar-refractivity contribution < 1.29 is 8.42 Å². The van der Waals surface area contributed by atoms with Crippen LogP contribution >= 0.6 is 0 Å². The average Bonchev–Trinajstić information content (AvgIpc) is 3.45. The molecule has 2 unspecified atom stereocenters. The smallest absolute Gasteiger partial charge is 0.240 e. The van der Waals surface area contributed by atoms with Gasteiger partial charge in [0, 0.05) is 12.0 Å². The Morgan fingerprint density at radius 3 is 3.03 bits per heavy atom. The van der Waals surface area contributed by atoms with E-state index in [1.54, 1.807) is 18.3 Å². The Kier molecular flexibility index (Phi) is 4.22. The van der Waals surface area contributed by atoms with Crippen LogP contribution in [0.2, 0.25) is 0 Å². The standard InChI is InChI=1S/C19H19N7O2S/c20-10-12-2-1-3-15(8-12)29(27,28)25-14-5-4-13(9-14)19-24-23-17-11-22-18-16(26(17)19)6-7-21-18/h1-3,6-8,11,13-14,16,18,21,25H,4-5,9H2/t13-,14+,16?,18?/m1/s1. The summed E-state index contributed by atoms with van der Waals surface area (Å²) in [4.78, 5) is 4.56. The summed E-state index contributed by atoms with van der Waals surface area (Å²) in [6, 6.07) is 7.89. The summed E-state index contributed by atoms with van der Waals surface area (Å²) < 4.78 is 30.4. The van der Waals surface area contributed by atoms with Gasteiger partial charge in [0.15, 0.2) is 5.82 Å². The number of aromatic nitrogens is 3. The lowest BCUT2D eigenvalue weighted by Gasteiger charge is -2.25. The van der Waals surface area contributed by atoms with E-state index in [9.17, 15) is 8.42 Å².